The molecule has 0 aliphatic carbocycles. The van der Waals surface area contributed by atoms with Crippen LogP contribution >= 0.6 is 0 Å². The monoisotopic (exact) mass is 274 g/mol. The van der Waals surface area contributed by atoms with E-state index in [9.17, 15) is 9.90 Å². The molecule has 5 nitrogen and oxygen atoms in total. The van der Waals surface area contributed by atoms with Crippen molar-refractivity contribution in [3.63, 3.8) is 0 Å². The first kappa shape index (κ1) is 12.6. The molecule has 0 aliphatic rings. The molecule has 2 aromatic heterocycles. The Morgan fingerprint density at radius 3 is 2.55 bits per heavy atom. The van der Waals surface area contributed by atoms with E-state index in [0.717, 1.165) is 5.57 Å². The van der Waals surface area contributed by atoms with Crippen molar-refractivity contribution in [2.45, 2.75) is 20.8 Å². The molecule has 0 spiro atoms. The summed E-state index contributed by atoms with van der Waals surface area (Å²) in [7, 11) is 1.48. The second-order valence-electron chi connectivity index (χ2n) is 4.95. The highest BCUT2D eigenvalue weighted by atomic mass is 16.5. The molecular weight excluding hydrogens is 260 g/mol. The summed E-state index contributed by atoms with van der Waals surface area (Å²) >= 11 is 0. The summed E-state index contributed by atoms with van der Waals surface area (Å²) in [5.74, 6) is 0.234. The molecule has 0 unspecified atom stereocenters. The fourth-order valence-electron chi connectivity index (χ4n) is 2.45. The molecule has 0 amide bonds. The molecule has 0 saturated carbocycles. The number of methoxy groups -OCH3 is 1. The number of hydrogen-bond acceptors (Lipinski definition) is 5. The smallest absolute Gasteiger partial charge is 0.342 e. The van der Waals surface area contributed by atoms with Gasteiger partial charge in [0.15, 0.2) is 11.5 Å². The van der Waals surface area contributed by atoms with Crippen LogP contribution in [0.15, 0.2) is 19.7 Å². The van der Waals surface area contributed by atoms with Crippen LogP contribution in [-0.4, -0.2) is 12.2 Å². The molecule has 104 valence electrons. The molecule has 1 N–H and O–H groups in total. The number of aromatic hydroxyl groups is 1. The van der Waals surface area contributed by atoms with Gasteiger partial charge >= 0.3 is 5.63 Å². The summed E-state index contributed by atoms with van der Waals surface area (Å²) in [4.78, 5) is 11.8. The number of rotatable bonds is 1. The van der Waals surface area contributed by atoms with Gasteiger partial charge in [0, 0.05) is 6.07 Å². The first-order valence-corrected chi connectivity index (χ1v) is 6.18. The SMILES string of the molecule is COc1c(O)cc2oc(=O)c(C)c3oc(=C(C)C)c1c23. The lowest BCUT2D eigenvalue weighted by Crippen LogP contribution is -2.02. The first-order valence-electron chi connectivity index (χ1n) is 6.18. The molecule has 3 rings (SSSR count). The van der Waals surface area contributed by atoms with Crippen molar-refractivity contribution in [2.75, 3.05) is 7.11 Å². The van der Waals surface area contributed by atoms with Crippen molar-refractivity contribution in [3.05, 3.63) is 27.5 Å². The quantitative estimate of drug-likeness (QED) is 0.690. The van der Waals surface area contributed by atoms with Gasteiger partial charge in [0.05, 0.1) is 23.4 Å². The van der Waals surface area contributed by atoms with Crippen LogP contribution in [0.4, 0.5) is 0 Å². The van der Waals surface area contributed by atoms with Crippen molar-refractivity contribution in [1.29, 1.82) is 0 Å². The van der Waals surface area contributed by atoms with Gasteiger partial charge in [-0.3, -0.25) is 0 Å². The van der Waals surface area contributed by atoms with E-state index in [1.54, 1.807) is 6.92 Å². The van der Waals surface area contributed by atoms with Gasteiger partial charge in [0.25, 0.3) is 0 Å². The van der Waals surface area contributed by atoms with Crippen molar-refractivity contribution in [1.82, 2.24) is 0 Å². The highest BCUT2D eigenvalue weighted by Crippen LogP contribution is 2.39. The molecule has 1 aromatic carbocycles. The summed E-state index contributed by atoms with van der Waals surface area (Å²) in [5, 5.41) is 11.3. The maximum Gasteiger partial charge on any atom is 0.342 e. The molecule has 20 heavy (non-hydrogen) atoms. The normalized spacial score (nSPS) is 11.4. The van der Waals surface area contributed by atoms with Crippen LogP contribution < -0.4 is 15.8 Å². The zero-order valence-corrected chi connectivity index (χ0v) is 11.7. The third kappa shape index (κ3) is 1.46. The Morgan fingerprint density at radius 2 is 1.95 bits per heavy atom. The van der Waals surface area contributed by atoms with Gasteiger partial charge in [-0.1, -0.05) is 0 Å². The van der Waals surface area contributed by atoms with E-state index in [-0.39, 0.29) is 5.75 Å². The summed E-state index contributed by atoms with van der Waals surface area (Å²) in [6.45, 7) is 5.43. The molecule has 5 heteroatoms. The maximum absolute atomic E-state index is 11.8. The van der Waals surface area contributed by atoms with E-state index in [4.69, 9.17) is 13.6 Å². The van der Waals surface area contributed by atoms with E-state index >= 15 is 0 Å². The zero-order valence-electron chi connectivity index (χ0n) is 11.7. The van der Waals surface area contributed by atoms with Gasteiger partial charge in [-0.25, -0.2) is 4.79 Å². The van der Waals surface area contributed by atoms with Crippen LogP contribution in [0.1, 0.15) is 19.4 Å². The molecule has 0 atom stereocenters. The summed E-state index contributed by atoms with van der Waals surface area (Å²) in [6, 6.07) is 1.37. The largest absolute Gasteiger partial charge is 0.504 e. The van der Waals surface area contributed by atoms with Crippen LogP contribution in [0.25, 0.3) is 27.5 Å². The molecular formula is C15H14O5. The Kier molecular flexibility index (Phi) is 2.54. The summed E-state index contributed by atoms with van der Waals surface area (Å²) < 4.78 is 16.3. The predicted octanol–water partition coefficient (Wildman–Crippen LogP) is 2.47. The van der Waals surface area contributed by atoms with Crippen LogP contribution in [0.3, 0.4) is 0 Å². The topological polar surface area (TPSA) is 72.8 Å². The van der Waals surface area contributed by atoms with Crippen molar-refractivity contribution in [2.24, 2.45) is 0 Å². The minimum absolute atomic E-state index is 0.0859. The highest BCUT2D eigenvalue weighted by molar-refractivity contribution is 6.10. The minimum atomic E-state index is -0.474. The lowest BCUT2D eigenvalue weighted by molar-refractivity contribution is 0.377. The van der Waals surface area contributed by atoms with Crippen molar-refractivity contribution in [3.8, 4) is 11.5 Å². The Hall–Kier alpha value is -2.43. The van der Waals surface area contributed by atoms with Crippen LogP contribution in [0, 0.1) is 6.92 Å². The van der Waals surface area contributed by atoms with E-state index in [0.29, 0.717) is 38.7 Å². The van der Waals surface area contributed by atoms with Gasteiger partial charge in [0.1, 0.15) is 16.6 Å². The van der Waals surface area contributed by atoms with E-state index < -0.39 is 5.63 Å². The standard InChI is InChI=1S/C15H14O5/c1-6(2)12-11-10-9(5-8(16)14(11)18-4)19-15(17)7(3)13(10)20-12/h5,16H,1-4H3. The maximum atomic E-state index is 11.8. The summed E-state index contributed by atoms with van der Waals surface area (Å²) in [6.07, 6.45) is 0. The molecule has 0 bridgehead atoms. The third-order valence-electron chi connectivity index (χ3n) is 3.39. The minimum Gasteiger partial charge on any atom is -0.504 e. The molecule has 0 radical (unpaired) electrons. The number of furan rings is 1. The fraction of sp³-hybridized carbons (Fsp3) is 0.267. The number of benzene rings is 1. The fourth-order valence-corrected chi connectivity index (χ4v) is 2.45. The number of phenols is 1. The Labute approximate surface area is 114 Å². The van der Waals surface area contributed by atoms with Gasteiger partial charge in [-0.2, -0.15) is 0 Å². The highest BCUT2D eigenvalue weighted by Gasteiger charge is 2.22. The summed E-state index contributed by atoms with van der Waals surface area (Å²) in [5.41, 5.74) is 2.20. The van der Waals surface area contributed by atoms with Crippen LogP contribution in [-0.2, 0) is 0 Å². The van der Waals surface area contributed by atoms with E-state index in [1.807, 2.05) is 13.8 Å². The lowest BCUT2D eigenvalue weighted by Gasteiger charge is -2.06. The van der Waals surface area contributed by atoms with Gasteiger partial charge in [-0.05, 0) is 26.3 Å². The predicted molar refractivity (Wildman–Crippen MR) is 75.2 cm³/mol. The number of ether oxygens (including phenoxy) is 1. The first-order chi connectivity index (χ1) is 9.45. The van der Waals surface area contributed by atoms with Crippen LogP contribution in [0.5, 0.6) is 11.5 Å². The van der Waals surface area contributed by atoms with Crippen molar-refractivity contribution >= 4 is 27.5 Å². The Balaban J connectivity index is 2.79. The van der Waals surface area contributed by atoms with E-state index in [1.165, 1.54) is 13.2 Å². The van der Waals surface area contributed by atoms with Gasteiger partial charge in [0.2, 0.25) is 0 Å². The third-order valence-corrected chi connectivity index (χ3v) is 3.39. The second kappa shape index (κ2) is 4.03. The van der Waals surface area contributed by atoms with Gasteiger partial charge in [-0.15, -0.1) is 0 Å². The Morgan fingerprint density at radius 1 is 1.25 bits per heavy atom. The molecule has 0 fully saturated rings. The average molecular weight is 274 g/mol. The Bertz CT molecular complexity index is 939. The molecule has 2 heterocycles. The number of phenolic OH excluding ortho intramolecular Hbond substituents is 1. The molecule has 0 saturated heterocycles. The van der Waals surface area contributed by atoms with Crippen molar-refractivity contribution < 1.29 is 18.7 Å². The lowest BCUT2D eigenvalue weighted by atomic mass is 10.1. The molecule has 3 aromatic rings. The zero-order chi connectivity index (χ0) is 14.6. The van der Waals surface area contributed by atoms with Gasteiger partial charge < -0.3 is 18.7 Å². The van der Waals surface area contributed by atoms with E-state index in [2.05, 4.69) is 0 Å². The number of aryl methyl sites for hydroxylation is 1. The molecule has 0 aliphatic heterocycles. The van der Waals surface area contributed by atoms with Crippen LogP contribution in [0.2, 0.25) is 0 Å². The average Bonchev–Trinajstić information content (AvgIpc) is 2.77. The second-order valence-corrected chi connectivity index (χ2v) is 4.95. The number of hydrogen-bond donors (Lipinski definition) is 1.